The van der Waals surface area contributed by atoms with Crippen molar-refractivity contribution < 1.29 is 22.7 Å². The summed E-state index contributed by atoms with van der Waals surface area (Å²) in [4.78, 5) is 24.9. The summed E-state index contributed by atoms with van der Waals surface area (Å²) in [5.41, 5.74) is 0.984. The van der Waals surface area contributed by atoms with E-state index in [1.807, 2.05) is 0 Å². The van der Waals surface area contributed by atoms with Crippen LogP contribution in [0.2, 0.25) is 0 Å². The molecule has 0 spiro atoms. The van der Waals surface area contributed by atoms with E-state index in [1.165, 1.54) is 11.8 Å². The van der Waals surface area contributed by atoms with E-state index in [1.54, 1.807) is 38.1 Å². The van der Waals surface area contributed by atoms with Gasteiger partial charge in [-0.2, -0.15) is 0 Å². The molecule has 0 aromatic heterocycles. The lowest BCUT2D eigenvalue weighted by atomic mass is 10.2. The van der Waals surface area contributed by atoms with E-state index in [0.717, 1.165) is 0 Å². The summed E-state index contributed by atoms with van der Waals surface area (Å²) in [6.45, 7) is 5.53. The van der Waals surface area contributed by atoms with Gasteiger partial charge in [-0.05, 0) is 37.6 Å². The van der Waals surface area contributed by atoms with E-state index in [0.29, 0.717) is 17.7 Å². The van der Waals surface area contributed by atoms with Crippen LogP contribution in [0, 0.1) is 0 Å². The van der Waals surface area contributed by atoms with Gasteiger partial charge in [0.05, 0.1) is 17.9 Å². The molecule has 1 aromatic rings. The Kier molecular flexibility index (Phi) is 7.87. The number of benzene rings is 1. The molecule has 7 nitrogen and oxygen atoms in total. The van der Waals surface area contributed by atoms with Crippen molar-refractivity contribution >= 4 is 27.6 Å². The van der Waals surface area contributed by atoms with Crippen LogP contribution >= 0.6 is 0 Å². The molecule has 0 heterocycles. The largest absolute Gasteiger partial charge is 0.462 e. The second-order valence-electron chi connectivity index (χ2n) is 5.15. The van der Waals surface area contributed by atoms with Gasteiger partial charge in [-0.25, -0.2) is 17.9 Å². The van der Waals surface area contributed by atoms with E-state index in [4.69, 9.17) is 4.74 Å². The van der Waals surface area contributed by atoms with Crippen LogP contribution in [-0.4, -0.2) is 45.7 Å². The van der Waals surface area contributed by atoms with Crippen molar-refractivity contribution in [3.63, 3.8) is 0 Å². The van der Waals surface area contributed by atoms with Crippen molar-refractivity contribution in [2.75, 3.05) is 30.3 Å². The number of sulfonamides is 1. The fraction of sp³-hybridized carbons (Fsp3) is 0.500. The number of nitrogens with zero attached hydrogens (tertiary/aromatic N) is 1. The third kappa shape index (κ3) is 6.29. The highest BCUT2D eigenvalue weighted by atomic mass is 32.2. The molecule has 0 aliphatic heterocycles. The average molecular weight is 356 g/mol. The second kappa shape index (κ2) is 9.39. The highest BCUT2D eigenvalue weighted by Gasteiger charge is 2.15. The Morgan fingerprint density at radius 3 is 2.29 bits per heavy atom. The first-order valence-corrected chi connectivity index (χ1v) is 9.48. The molecule has 0 fully saturated rings. The lowest BCUT2D eigenvalue weighted by Crippen LogP contribution is -2.38. The summed E-state index contributed by atoms with van der Waals surface area (Å²) in [7, 11) is -3.31. The highest BCUT2D eigenvalue weighted by molar-refractivity contribution is 7.89. The molecular formula is C16H24N2O5S. The van der Waals surface area contributed by atoms with Gasteiger partial charge >= 0.3 is 5.97 Å². The van der Waals surface area contributed by atoms with Gasteiger partial charge in [0, 0.05) is 25.7 Å². The van der Waals surface area contributed by atoms with Gasteiger partial charge in [-0.15, -0.1) is 0 Å². The van der Waals surface area contributed by atoms with Crippen LogP contribution in [0.3, 0.4) is 0 Å². The Morgan fingerprint density at radius 2 is 1.79 bits per heavy atom. The fourth-order valence-corrected chi connectivity index (χ4v) is 3.20. The Balaban J connectivity index is 2.75. The quantitative estimate of drug-likeness (QED) is 0.678. The number of hydrogen-bond donors (Lipinski definition) is 1. The van der Waals surface area contributed by atoms with Crippen molar-refractivity contribution in [1.82, 2.24) is 4.72 Å². The molecule has 0 aliphatic carbocycles. The third-order valence-electron chi connectivity index (χ3n) is 3.20. The van der Waals surface area contributed by atoms with Crippen molar-refractivity contribution in [3.8, 4) is 0 Å². The van der Waals surface area contributed by atoms with E-state index in [-0.39, 0.29) is 31.4 Å². The molecule has 24 heavy (non-hydrogen) atoms. The van der Waals surface area contributed by atoms with E-state index in [9.17, 15) is 18.0 Å². The molecule has 8 heteroatoms. The molecule has 0 aliphatic rings. The standard InChI is InChI=1S/C16H24N2O5S/c1-4-12-24(21,22)17-10-11-18(13(3)19)15-8-6-14(7-9-15)16(20)23-5-2/h6-9,17H,4-5,10-12H2,1-3H3. The molecule has 1 rings (SSSR count). The van der Waals surface area contributed by atoms with Crippen LogP contribution in [0.5, 0.6) is 0 Å². The van der Waals surface area contributed by atoms with Gasteiger partial charge in [-0.3, -0.25) is 4.79 Å². The number of carbonyl (C=O) groups is 2. The SMILES string of the molecule is CCCS(=O)(=O)NCCN(C(C)=O)c1ccc(C(=O)OCC)cc1. The van der Waals surface area contributed by atoms with Crippen molar-refractivity contribution in [2.24, 2.45) is 0 Å². The summed E-state index contributed by atoms with van der Waals surface area (Å²) in [5.74, 6) is -0.583. The number of nitrogens with one attached hydrogen (secondary N) is 1. The minimum absolute atomic E-state index is 0.0569. The van der Waals surface area contributed by atoms with Gasteiger partial charge in [0.25, 0.3) is 0 Å². The number of amides is 1. The van der Waals surface area contributed by atoms with Gasteiger partial charge in [-0.1, -0.05) is 6.92 Å². The zero-order valence-corrected chi connectivity index (χ0v) is 15.1. The monoisotopic (exact) mass is 356 g/mol. The topological polar surface area (TPSA) is 92.8 Å². The minimum atomic E-state index is -3.31. The van der Waals surface area contributed by atoms with Crippen LogP contribution in [0.4, 0.5) is 5.69 Å². The summed E-state index contributed by atoms with van der Waals surface area (Å²) >= 11 is 0. The summed E-state index contributed by atoms with van der Waals surface area (Å²) in [6.07, 6.45) is 0.529. The van der Waals surface area contributed by atoms with Crippen LogP contribution in [0.1, 0.15) is 37.6 Å². The van der Waals surface area contributed by atoms with Crippen LogP contribution in [-0.2, 0) is 19.6 Å². The van der Waals surface area contributed by atoms with Gasteiger partial charge < -0.3 is 9.64 Å². The number of carbonyl (C=O) groups excluding carboxylic acids is 2. The molecule has 1 aromatic carbocycles. The fourth-order valence-electron chi connectivity index (χ4n) is 2.11. The smallest absolute Gasteiger partial charge is 0.338 e. The first-order valence-electron chi connectivity index (χ1n) is 7.83. The van der Waals surface area contributed by atoms with E-state index >= 15 is 0 Å². The first kappa shape index (κ1) is 20.1. The summed E-state index contributed by atoms with van der Waals surface area (Å²) in [6, 6.07) is 6.41. The molecule has 0 bridgehead atoms. The zero-order valence-electron chi connectivity index (χ0n) is 14.2. The molecule has 0 saturated carbocycles. The normalized spacial score (nSPS) is 11.1. The third-order valence-corrected chi connectivity index (χ3v) is 4.79. The van der Waals surface area contributed by atoms with Gasteiger partial charge in [0.1, 0.15) is 0 Å². The van der Waals surface area contributed by atoms with Gasteiger partial charge in [0.2, 0.25) is 15.9 Å². The maximum absolute atomic E-state index is 11.8. The van der Waals surface area contributed by atoms with Crippen molar-refractivity contribution in [2.45, 2.75) is 27.2 Å². The van der Waals surface area contributed by atoms with Crippen molar-refractivity contribution in [3.05, 3.63) is 29.8 Å². The summed E-state index contributed by atoms with van der Waals surface area (Å²) < 4.78 is 30.6. The minimum Gasteiger partial charge on any atom is -0.462 e. The maximum atomic E-state index is 11.8. The summed E-state index contributed by atoms with van der Waals surface area (Å²) in [5, 5.41) is 0. The Labute approximate surface area is 143 Å². The highest BCUT2D eigenvalue weighted by Crippen LogP contribution is 2.16. The first-order chi connectivity index (χ1) is 11.3. The lowest BCUT2D eigenvalue weighted by molar-refractivity contribution is -0.116. The maximum Gasteiger partial charge on any atom is 0.338 e. The van der Waals surface area contributed by atoms with E-state index in [2.05, 4.69) is 4.72 Å². The predicted molar refractivity (Wildman–Crippen MR) is 92.5 cm³/mol. The molecule has 134 valence electrons. The molecular weight excluding hydrogens is 332 g/mol. The van der Waals surface area contributed by atoms with Crippen LogP contribution < -0.4 is 9.62 Å². The Hall–Kier alpha value is -1.93. The number of esters is 1. The van der Waals surface area contributed by atoms with Gasteiger partial charge in [0.15, 0.2) is 0 Å². The molecule has 1 amide bonds. The predicted octanol–water partition coefficient (Wildman–Crippen LogP) is 1.55. The number of anilines is 1. The molecule has 0 unspecified atom stereocenters. The average Bonchev–Trinajstić information content (AvgIpc) is 2.51. The Morgan fingerprint density at radius 1 is 1.17 bits per heavy atom. The zero-order chi connectivity index (χ0) is 18.2. The van der Waals surface area contributed by atoms with Crippen molar-refractivity contribution in [1.29, 1.82) is 0 Å². The lowest BCUT2D eigenvalue weighted by Gasteiger charge is -2.21. The van der Waals surface area contributed by atoms with Crippen LogP contribution in [0.25, 0.3) is 0 Å². The Bertz CT molecular complexity index is 656. The van der Waals surface area contributed by atoms with E-state index < -0.39 is 16.0 Å². The second-order valence-corrected chi connectivity index (χ2v) is 7.08. The number of ether oxygens (including phenoxy) is 1. The number of rotatable bonds is 9. The number of hydrogen-bond acceptors (Lipinski definition) is 5. The molecule has 0 atom stereocenters. The van der Waals surface area contributed by atoms with Crippen LogP contribution in [0.15, 0.2) is 24.3 Å². The molecule has 1 N–H and O–H groups in total. The molecule has 0 saturated heterocycles. The molecule has 0 radical (unpaired) electrons.